The number of benzene rings is 6. The van der Waals surface area contributed by atoms with Crippen molar-refractivity contribution >= 4 is 46.0 Å². The van der Waals surface area contributed by atoms with E-state index in [9.17, 15) is 0 Å². The maximum atomic E-state index is 5.99. The Morgan fingerprint density at radius 3 is 1.16 bits per heavy atom. The number of amidine groups is 2. The van der Waals surface area contributed by atoms with Gasteiger partial charge in [-0.3, -0.25) is 10.9 Å². The van der Waals surface area contributed by atoms with E-state index in [1.54, 1.807) is 7.11 Å². The maximum absolute atomic E-state index is 5.99. The molecule has 8 rings (SSSR count). The lowest BCUT2D eigenvalue weighted by Crippen LogP contribution is -2.44. The number of hydrazone groups is 2. The van der Waals surface area contributed by atoms with E-state index >= 15 is 0 Å². The van der Waals surface area contributed by atoms with Gasteiger partial charge < -0.3 is 4.74 Å². The van der Waals surface area contributed by atoms with Crippen LogP contribution in [0.25, 0.3) is 0 Å². The monoisotopic (exact) mass is 664 g/mol. The number of ether oxygens (including phenoxy) is 1. The molecule has 2 aliphatic heterocycles. The third kappa shape index (κ3) is 7.12. The van der Waals surface area contributed by atoms with Gasteiger partial charge in [-0.05, 0) is 97.1 Å². The summed E-state index contributed by atoms with van der Waals surface area (Å²) in [5.41, 5.74) is 12.6. The van der Waals surface area contributed by atoms with E-state index in [1.165, 1.54) is 0 Å². The Kier molecular flexibility index (Phi) is 9.25. The van der Waals surface area contributed by atoms with Gasteiger partial charge in [-0.15, -0.1) is 10.2 Å². The fourth-order valence-corrected chi connectivity index (χ4v) is 5.30. The van der Waals surface area contributed by atoms with Crippen LogP contribution < -0.4 is 36.1 Å². The molecule has 6 aromatic rings. The second-order valence-corrected chi connectivity index (χ2v) is 11.3. The van der Waals surface area contributed by atoms with Gasteiger partial charge in [-0.1, -0.05) is 84.4 Å². The Labute approximate surface area is 290 Å². The molecule has 2 aliphatic rings. The predicted molar refractivity (Wildman–Crippen MR) is 199 cm³/mol. The maximum Gasteiger partial charge on any atom is 0.176 e. The van der Waals surface area contributed by atoms with E-state index in [-0.39, 0.29) is 0 Å². The van der Waals surface area contributed by atoms with E-state index < -0.39 is 0 Å². The van der Waals surface area contributed by atoms with E-state index in [0.717, 1.165) is 51.3 Å². The van der Waals surface area contributed by atoms with Gasteiger partial charge in [0.15, 0.2) is 11.7 Å². The van der Waals surface area contributed by atoms with Crippen molar-refractivity contribution in [1.29, 1.82) is 0 Å². The second-order valence-electron chi connectivity index (χ2n) is 10.9. The van der Waals surface area contributed by atoms with Crippen molar-refractivity contribution < 1.29 is 4.74 Å². The first kappa shape index (κ1) is 31.2. The van der Waals surface area contributed by atoms with Gasteiger partial charge in [0.2, 0.25) is 0 Å². The van der Waals surface area contributed by atoms with Crippen molar-refractivity contribution in [2.24, 2.45) is 10.2 Å². The number of hydrogen-bond acceptors (Lipinski definition) is 9. The first-order valence-corrected chi connectivity index (χ1v) is 16.1. The topological polar surface area (TPSA) is 71.0 Å². The minimum atomic E-state index is 0.706. The zero-order valence-corrected chi connectivity index (χ0v) is 27.4. The number of methoxy groups -OCH3 is 1. The molecule has 0 fully saturated rings. The molecule has 0 bridgehead atoms. The summed E-state index contributed by atoms with van der Waals surface area (Å²) >= 11 is 5.99. The Morgan fingerprint density at radius 2 is 0.796 bits per heavy atom. The largest absolute Gasteiger partial charge is 0.497 e. The molecule has 0 saturated heterocycles. The SMILES string of the molecule is COc1ccc(C2=NN(c3ccccc3)N(c3ccccc3)N2)cc1.Clc1ccc(C2=NN(c3ccccc3)N(c3ccccc3)N2)cc1. The molecule has 0 amide bonds. The van der Waals surface area contributed by atoms with Gasteiger partial charge >= 0.3 is 0 Å². The van der Waals surface area contributed by atoms with Gasteiger partial charge in [0.1, 0.15) is 5.75 Å². The van der Waals surface area contributed by atoms with E-state index in [4.69, 9.17) is 26.5 Å². The first-order chi connectivity index (χ1) is 24.2. The van der Waals surface area contributed by atoms with Gasteiger partial charge in [0.25, 0.3) is 0 Å². The smallest absolute Gasteiger partial charge is 0.176 e. The molecule has 2 heterocycles. The second kappa shape index (κ2) is 14.5. The zero-order chi connectivity index (χ0) is 33.4. The van der Waals surface area contributed by atoms with Crippen LogP contribution in [0.1, 0.15) is 11.1 Å². The highest BCUT2D eigenvalue weighted by Gasteiger charge is 2.27. The standard InChI is InChI=1S/C20H18N4O.C19H15ClN4/c1-25-19-14-12-16(13-15-19)20-21-23(17-8-4-2-5-9-17)24(22-20)18-10-6-3-7-11-18;20-16-13-11-15(12-14-16)19-21-23(17-7-3-1-4-8-17)24(22-19)18-9-5-2-6-10-18/h2-15H,1H3,(H,21,22);1-14H,(H,21,22). The molecule has 9 nitrogen and oxygen atoms in total. The number of nitrogens with one attached hydrogen (secondary N) is 2. The average molecular weight is 665 g/mol. The molecular formula is C39H33ClN8O. The molecule has 0 radical (unpaired) electrons. The summed E-state index contributed by atoms with van der Waals surface area (Å²) in [6, 6.07) is 55.7. The molecule has 10 heteroatoms. The molecular weight excluding hydrogens is 632 g/mol. The summed E-state index contributed by atoms with van der Waals surface area (Å²) in [6.45, 7) is 0. The van der Waals surface area contributed by atoms with Crippen molar-refractivity contribution in [2.75, 3.05) is 27.6 Å². The summed E-state index contributed by atoms with van der Waals surface area (Å²) in [5, 5.41) is 17.8. The minimum Gasteiger partial charge on any atom is -0.497 e. The number of hydrogen-bond donors (Lipinski definition) is 2. The Bertz CT molecular complexity index is 2010. The molecule has 0 spiro atoms. The number of halogens is 1. The molecule has 2 N–H and O–H groups in total. The summed E-state index contributed by atoms with van der Waals surface area (Å²) in [4.78, 5) is 0. The number of hydrazine groups is 4. The van der Waals surface area contributed by atoms with Crippen molar-refractivity contribution in [2.45, 2.75) is 0 Å². The van der Waals surface area contributed by atoms with E-state index in [1.807, 2.05) is 190 Å². The first-order valence-electron chi connectivity index (χ1n) is 15.7. The lowest BCUT2D eigenvalue weighted by molar-refractivity contribution is 0.415. The molecule has 242 valence electrons. The third-order valence-electron chi connectivity index (χ3n) is 7.65. The van der Waals surface area contributed by atoms with Crippen molar-refractivity contribution in [3.05, 3.63) is 186 Å². The fraction of sp³-hybridized carbons (Fsp3) is 0.0256. The molecule has 0 unspecified atom stereocenters. The number of nitrogens with zero attached hydrogens (tertiary/aromatic N) is 6. The van der Waals surface area contributed by atoms with Crippen LogP contribution in [0.2, 0.25) is 5.02 Å². The molecule has 0 aromatic heterocycles. The number of anilines is 4. The molecule has 0 saturated carbocycles. The van der Waals surface area contributed by atoms with Gasteiger partial charge in [0, 0.05) is 16.1 Å². The minimum absolute atomic E-state index is 0.706. The number of para-hydroxylation sites is 4. The summed E-state index contributed by atoms with van der Waals surface area (Å²) in [6.07, 6.45) is 0. The Hall–Kier alpha value is -6.45. The quantitative estimate of drug-likeness (QED) is 0.178. The fourth-order valence-electron chi connectivity index (χ4n) is 5.18. The Balaban J connectivity index is 0.000000154. The van der Waals surface area contributed by atoms with Gasteiger partial charge in [0.05, 0.1) is 29.9 Å². The molecule has 6 aromatic carbocycles. The van der Waals surface area contributed by atoms with Crippen molar-refractivity contribution in [3.8, 4) is 5.75 Å². The lowest BCUT2D eigenvalue weighted by Gasteiger charge is -2.27. The molecule has 49 heavy (non-hydrogen) atoms. The van der Waals surface area contributed by atoms with Crippen LogP contribution in [0.3, 0.4) is 0 Å². The van der Waals surface area contributed by atoms with Crippen LogP contribution in [0, 0.1) is 0 Å². The highest BCUT2D eigenvalue weighted by atomic mass is 35.5. The Morgan fingerprint density at radius 1 is 0.449 bits per heavy atom. The third-order valence-corrected chi connectivity index (χ3v) is 7.90. The zero-order valence-electron chi connectivity index (χ0n) is 26.6. The molecule has 0 aliphatic carbocycles. The van der Waals surface area contributed by atoms with E-state index in [0.29, 0.717) is 5.02 Å². The van der Waals surface area contributed by atoms with Crippen LogP contribution in [-0.2, 0) is 0 Å². The van der Waals surface area contributed by atoms with Crippen LogP contribution in [0.15, 0.2) is 180 Å². The van der Waals surface area contributed by atoms with Crippen LogP contribution in [0.4, 0.5) is 22.7 Å². The molecule has 0 atom stereocenters. The summed E-state index contributed by atoms with van der Waals surface area (Å²) in [7, 11) is 1.66. The van der Waals surface area contributed by atoms with Crippen molar-refractivity contribution in [3.63, 3.8) is 0 Å². The summed E-state index contributed by atoms with van der Waals surface area (Å²) in [5.74, 6) is 2.36. The summed E-state index contributed by atoms with van der Waals surface area (Å²) < 4.78 is 5.23. The van der Waals surface area contributed by atoms with Crippen LogP contribution in [-0.4, -0.2) is 18.8 Å². The average Bonchev–Trinajstić information content (AvgIpc) is 3.83. The predicted octanol–water partition coefficient (Wildman–Crippen LogP) is 8.25. The number of rotatable bonds is 7. The van der Waals surface area contributed by atoms with Gasteiger partial charge in [-0.2, -0.15) is 20.5 Å². The van der Waals surface area contributed by atoms with Crippen molar-refractivity contribution in [1.82, 2.24) is 10.9 Å². The normalized spacial score (nSPS) is 13.5. The van der Waals surface area contributed by atoms with Crippen LogP contribution >= 0.6 is 11.6 Å². The lowest BCUT2D eigenvalue weighted by atomic mass is 10.2. The highest BCUT2D eigenvalue weighted by molar-refractivity contribution is 6.30. The van der Waals surface area contributed by atoms with E-state index in [2.05, 4.69) is 10.9 Å². The van der Waals surface area contributed by atoms with Gasteiger partial charge in [-0.25, -0.2) is 0 Å². The highest BCUT2D eigenvalue weighted by Crippen LogP contribution is 2.27. The van der Waals surface area contributed by atoms with Crippen LogP contribution in [0.5, 0.6) is 5.75 Å².